The molecule has 0 radical (unpaired) electrons. The van der Waals surface area contributed by atoms with Gasteiger partial charge >= 0.3 is 5.97 Å². The minimum Gasteiger partial charge on any atom is -0.480 e. The van der Waals surface area contributed by atoms with Crippen molar-refractivity contribution in [3.05, 3.63) is 14.7 Å². The molecule has 1 aliphatic rings. The maximum Gasteiger partial charge on any atom is 0.320 e. The van der Waals surface area contributed by atoms with E-state index in [0.29, 0.717) is 17.4 Å². The van der Waals surface area contributed by atoms with Crippen molar-refractivity contribution in [1.29, 1.82) is 0 Å². The van der Waals surface area contributed by atoms with Crippen LogP contribution in [0.2, 0.25) is 8.67 Å². The van der Waals surface area contributed by atoms with Gasteiger partial charge in [0.25, 0.3) is 0 Å². The number of thiophene rings is 1. The fourth-order valence-electron chi connectivity index (χ4n) is 2.13. The Hall–Kier alpha value is -0.380. The highest BCUT2D eigenvalue weighted by molar-refractivity contribution is 7.89. The monoisotopic (exact) mass is 372 g/mol. The van der Waals surface area contributed by atoms with Crippen LogP contribution in [0.3, 0.4) is 0 Å². The Balaban J connectivity index is 2.11. The maximum absolute atomic E-state index is 12.5. The molecule has 2 rings (SSSR count). The van der Waals surface area contributed by atoms with Crippen LogP contribution in [0.4, 0.5) is 0 Å². The molecule has 0 amide bonds. The molecule has 21 heavy (non-hydrogen) atoms. The normalized spacial score (nSPS) is 19.6. The van der Waals surface area contributed by atoms with E-state index in [1.54, 1.807) is 11.8 Å². The van der Waals surface area contributed by atoms with Gasteiger partial charge in [-0.3, -0.25) is 9.69 Å². The number of rotatable bonds is 4. The highest BCUT2D eigenvalue weighted by Crippen LogP contribution is 2.36. The number of carboxylic acids is 1. The van der Waals surface area contributed by atoms with E-state index in [-0.39, 0.29) is 22.3 Å². The lowest BCUT2D eigenvalue weighted by atomic mass is 10.2. The number of piperazine rings is 1. The molecule has 1 fully saturated rings. The van der Waals surface area contributed by atoms with Gasteiger partial charge in [0.2, 0.25) is 10.0 Å². The van der Waals surface area contributed by atoms with E-state index in [1.165, 1.54) is 10.4 Å². The van der Waals surface area contributed by atoms with Gasteiger partial charge in [0.05, 0.1) is 4.34 Å². The minimum absolute atomic E-state index is 0.0129. The van der Waals surface area contributed by atoms with Gasteiger partial charge in [0.1, 0.15) is 15.3 Å². The van der Waals surface area contributed by atoms with Crippen LogP contribution in [-0.2, 0) is 14.8 Å². The van der Waals surface area contributed by atoms with Crippen molar-refractivity contribution in [2.24, 2.45) is 0 Å². The summed E-state index contributed by atoms with van der Waals surface area (Å²) in [6.07, 6.45) is 0. The van der Waals surface area contributed by atoms with Gasteiger partial charge in [-0.15, -0.1) is 11.3 Å². The molecule has 10 heteroatoms. The number of carbonyl (C=O) groups is 1. The first-order valence-corrected chi connectivity index (χ1v) is 9.16. The van der Waals surface area contributed by atoms with Crippen LogP contribution in [0.15, 0.2) is 11.0 Å². The first kappa shape index (κ1) is 17.0. The zero-order valence-corrected chi connectivity index (χ0v) is 14.3. The summed E-state index contributed by atoms with van der Waals surface area (Å²) in [6.45, 7) is 2.76. The molecule has 0 aromatic carbocycles. The molecular weight excluding hydrogens is 359 g/mol. The third-order valence-electron chi connectivity index (χ3n) is 3.42. The van der Waals surface area contributed by atoms with E-state index in [9.17, 15) is 13.2 Å². The molecule has 0 bridgehead atoms. The van der Waals surface area contributed by atoms with E-state index >= 15 is 0 Å². The zero-order valence-electron chi connectivity index (χ0n) is 11.1. The highest BCUT2D eigenvalue weighted by atomic mass is 35.5. The van der Waals surface area contributed by atoms with Gasteiger partial charge in [0.15, 0.2) is 0 Å². The van der Waals surface area contributed by atoms with Crippen molar-refractivity contribution >= 4 is 50.5 Å². The quantitative estimate of drug-likeness (QED) is 0.872. The van der Waals surface area contributed by atoms with Crippen LogP contribution in [0.25, 0.3) is 0 Å². The largest absolute Gasteiger partial charge is 0.480 e. The van der Waals surface area contributed by atoms with Crippen LogP contribution in [0.1, 0.15) is 6.92 Å². The van der Waals surface area contributed by atoms with Crippen molar-refractivity contribution in [3.8, 4) is 0 Å². The fourth-order valence-corrected chi connectivity index (χ4v) is 5.66. The molecule has 0 aliphatic carbocycles. The Kier molecular flexibility index (Phi) is 5.17. The molecule has 2 heterocycles. The number of hydrogen-bond donors (Lipinski definition) is 1. The predicted octanol–water partition coefficient (Wildman–Crippen LogP) is 1.83. The number of nitrogens with zero attached hydrogens (tertiary/aromatic N) is 2. The summed E-state index contributed by atoms with van der Waals surface area (Å²) in [5.41, 5.74) is 0. The molecule has 1 saturated heterocycles. The third kappa shape index (κ3) is 3.52. The first-order valence-electron chi connectivity index (χ1n) is 6.15. The van der Waals surface area contributed by atoms with Gasteiger partial charge in [-0.05, 0) is 13.0 Å². The van der Waals surface area contributed by atoms with Crippen LogP contribution < -0.4 is 0 Å². The smallest absolute Gasteiger partial charge is 0.320 e. The molecule has 0 saturated carbocycles. The second-order valence-corrected chi connectivity index (χ2v) is 8.83. The highest BCUT2D eigenvalue weighted by Gasteiger charge is 2.33. The Morgan fingerprint density at radius 2 is 1.90 bits per heavy atom. The average molecular weight is 373 g/mol. The SMILES string of the molecule is CC(C(=O)O)N1CCN(S(=O)(=O)c2cc(Cl)sc2Cl)CC1. The predicted molar refractivity (Wildman–Crippen MR) is 81.8 cm³/mol. The van der Waals surface area contributed by atoms with Gasteiger partial charge in [-0.2, -0.15) is 4.31 Å². The number of carboxylic acid groups (broad SMARTS) is 1. The summed E-state index contributed by atoms with van der Waals surface area (Å²) < 4.78 is 26.7. The van der Waals surface area contributed by atoms with Crippen LogP contribution in [-0.4, -0.2) is 60.9 Å². The Morgan fingerprint density at radius 1 is 1.33 bits per heavy atom. The first-order chi connectivity index (χ1) is 9.73. The molecule has 1 atom stereocenters. The number of sulfonamides is 1. The summed E-state index contributed by atoms with van der Waals surface area (Å²) in [6, 6.07) is 0.713. The van der Waals surface area contributed by atoms with Crippen molar-refractivity contribution < 1.29 is 18.3 Å². The minimum atomic E-state index is -3.69. The average Bonchev–Trinajstić information content (AvgIpc) is 2.77. The summed E-state index contributed by atoms with van der Waals surface area (Å²) in [7, 11) is -3.69. The molecule has 0 spiro atoms. The zero-order chi connectivity index (χ0) is 15.8. The Labute approximate surface area is 136 Å². The number of hydrogen-bond acceptors (Lipinski definition) is 5. The van der Waals surface area contributed by atoms with E-state index in [4.69, 9.17) is 28.3 Å². The molecule has 118 valence electrons. The lowest BCUT2D eigenvalue weighted by Crippen LogP contribution is -2.53. The summed E-state index contributed by atoms with van der Waals surface area (Å²) in [5.74, 6) is -0.918. The molecular formula is C11H14Cl2N2O4S2. The summed E-state index contributed by atoms with van der Waals surface area (Å²) in [4.78, 5) is 12.7. The van der Waals surface area contributed by atoms with E-state index in [2.05, 4.69) is 0 Å². The van der Waals surface area contributed by atoms with Crippen LogP contribution in [0, 0.1) is 0 Å². The number of halogens is 2. The lowest BCUT2D eigenvalue weighted by Gasteiger charge is -2.35. The van der Waals surface area contributed by atoms with Gasteiger partial charge < -0.3 is 5.11 Å². The lowest BCUT2D eigenvalue weighted by molar-refractivity contribution is -0.143. The maximum atomic E-state index is 12.5. The molecule has 1 aromatic rings. The van der Waals surface area contributed by atoms with Gasteiger partial charge in [-0.25, -0.2) is 8.42 Å². The standard InChI is InChI=1S/C11H14Cl2N2O4S2/c1-7(11(16)17)14-2-4-15(5-3-14)21(18,19)8-6-9(12)20-10(8)13/h6-7H,2-5H2,1H3,(H,16,17). The fraction of sp³-hybridized carbons (Fsp3) is 0.545. The van der Waals surface area contributed by atoms with Crippen molar-refractivity contribution in [1.82, 2.24) is 9.21 Å². The topological polar surface area (TPSA) is 77.9 Å². The molecule has 1 unspecified atom stereocenters. The van der Waals surface area contributed by atoms with Crippen LogP contribution >= 0.6 is 34.5 Å². The second-order valence-electron chi connectivity index (χ2n) is 4.64. The molecule has 1 aromatic heterocycles. The van der Waals surface area contributed by atoms with Crippen molar-refractivity contribution in [2.75, 3.05) is 26.2 Å². The van der Waals surface area contributed by atoms with Crippen molar-refractivity contribution in [2.45, 2.75) is 17.9 Å². The van der Waals surface area contributed by atoms with E-state index in [0.717, 1.165) is 11.3 Å². The molecule has 6 nitrogen and oxygen atoms in total. The third-order valence-corrected chi connectivity index (χ3v) is 7.07. The second kappa shape index (κ2) is 6.39. The van der Waals surface area contributed by atoms with E-state index < -0.39 is 22.0 Å². The number of aliphatic carboxylic acids is 1. The van der Waals surface area contributed by atoms with Crippen molar-refractivity contribution in [3.63, 3.8) is 0 Å². The van der Waals surface area contributed by atoms with Gasteiger partial charge in [0, 0.05) is 26.2 Å². The summed E-state index contributed by atoms with van der Waals surface area (Å²) in [5, 5.41) is 8.97. The van der Waals surface area contributed by atoms with Gasteiger partial charge in [-0.1, -0.05) is 23.2 Å². The Bertz CT molecular complexity index is 639. The Morgan fingerprint density at radius 3 is 2.33 bits per heavy atom. The molecule has 1 N–H and O–H groups in total. The summed E-state index contributed by atoms with van der Waals surface area (Å²) >= 11 is 12.7. The van der Waals surface area contributed by atoms with E-state index in [1.807, 2.05) is 0 Å². The molecule has 1 aliphatic heterocycles. The van der Waals surface area contributed by atoms with Crippen LogP contribution in [0.5, 0.6) is 0 Å².